The van der Waals surface area contributed by atoms with Crippen LogP contribution in [-0.4, -0.2) is 28.1 Å². The first-order chi connectivity index (χ1) is 9.08. The molecule has 1 heterocycles. The van der Waals surface area contributed by atoms with Crippen molar-refractivity contribution in [3.8, 4) is 0 Å². The minimum Gasteiger partial charge on any atom is -0.368 e. The van der Waals surface area contributed by atoms with Crippen molar-refractivity contribution in [2.75, 3.05) is 6.54 Å². The smallest absolute Gasteiger partial charge is 0.242 e. The summed E-state index contributed by atoms with van der Waals surface area (Å²) in [6.07, 6.45) is 1.16. The van der Waals surface area contributed by atoms with Gasteiger partial charge in [0.2, 0.25) is 17.2 Å². The second kappa shape index (κ2) is 5.30. The fourth-order valence-electron chi connectivity index (χ4n) is 1.66. The molecule has 19 heavy (non-hydrogen) atoms. The molecule has 2 aromatic rings. The zero-order chi connectivity index (χ0) is 13.8. The number of para-hydroxylation sites is 1. The van der Waals surface area contributed by atoms with Crippen LogP contribution >= 0.6 is 0 Å². The highest BCUT2D eigenvalue weighted by Gasteiger charge is 2.08. The van der Waals surface area contributed by atoms with E-state index < -0.39 is 11.8 Å². The van der Waals surface area contributed by atoms with E-state index in [2.05, 4.69) is 10.4 Å². The van der Waals surface area contributed by atoms with Gasteiger partial charge in [-0.3, -0.25) is 19.1 Å². The molecule has 2 amide bonds. The number of rotatable bonds is 4. The van der Waals surface area contributed by atoms with Crippen LogP contribution in [0, 0.1) is 0 Å². The molecule has 0 atom stereocenters. The number of amides is 2. The Bertz CT molecular complexity index is 693. The van der Waals surface area contributed by atoms with E-state index in [0.29, 0.717) is 10.9 Å². The summed E-state index contributed by atoms with van der Waals surface area (Å²) in [5.41, 5.74) is 5.28. The fraction of sp³-hybridized carbons (Fsp3) is 0.167. The molecule has 0 aliphatic rings. The van der Waals surface area contributed by atoms with E-state index in [-0.39, 0.29) is 18.5 Å². The van der Waals surface area contributed by atoms with Gasteiger partial charge in [-0.1, -0.05) is 12.1 Å². The van der Waals surface area contributed by atoms with E-state index in [4.69, 9.17) is 5.73 Å². The van der Waals surface area contributed by atoms with E-state index in [1.165, 1.54) is 4.68 Å². The molecule has 0 aliphatic heterocycles. The lowest BCUT2D eigenvalue weighted by Crippen LogP contribution is -2.35. The molecule has 0 aliphatic carbocycles. The highest BCUT2D eigenvalue weighted by atomic mass is 16.2. The molecule has 0 fully saturated rings. The molecule has 1 aromatic heterocycles. The quantitative estimate of drug-likeness (QED) is 0.735. The Balaban J connectivity index is 2.26. The Labute approximate surface area is 108 Å². The number of carbonyl (C=O) groups excluding carboxylic acids is 2. The predicted molar refractivity (Wildman–Crippen MR) is 68.2 cm³/mol. The van der Waals surface area contributed by atoms with Gasteiger partial charge in [-0.25, -0.2) is 0 Å². The molecule has 7 heteroatoms. The molecule has 3 N–H and O–H groups in total. The average molecular weight is 260 g/mol. The zero-order valence-electron chi connectivity index (χ0n) is 10.00. The van der Waals surface area contributed by atoms with Gasteiger partial charge in [-0.15, -0.1) is 0 Å². The summed E-state index contributed by atoms with van der Waals surface area (Å²) in [5, 5.41) is 6.74. The number of hydrogen-bond donors (Lipinski definition) is 2. The van der Waals surface area contributed by atoms with Crippen molar-refractivity contribution in [1.82, 2.24) is 15.1 Å². The van der Waals surface area contributed by atoms with Crippen molar-refractivity contribution in [3.05, 3.63) is 40.7 Å². The normalized spacial score (nSPS) is 10.3. The number of aromatic nitrogens is 2. The third-order valence-corrected chi connectivity index (χ3v) is 2.52. The minimum atomic E-state index is -0.619. The van der Waals surface area contributed by atoms with Gasteiger partial charge in [0.1, 0.15) is 6.54 Å². The molecular weight excluding hydrogens is 248 g/mol. The van der Waals surface area contributed by atoms with Crippen molar-refractivity contribution in [2.24, 2.45) is 5.73 Å². The maximum absolute atomic E-state index is 11.6. The molecule has 0 saturated heterocycles. The molecule has 98 valence electrons. The summed E-state index contributed by atoms with van der Waals surface area (Å²) >= 11 is 0. The Morgan fingerprint density at radius 2 is 2.05 bits per heavy atom. The second-order valence-corrected chi connectivity index (χ2v) is 3.93. The van der Waals surface area contributed by atoms with Crippen LogP contribution in [0.15, 0.2) is 35.3 Å². The molecule has 0 bridgehead atoms. The molecule has 0 radical (unpaired) electrons. The Hall–Kier alpha value is -2.70. The van der Waals surface area contributed by atoms with Gasteiger partial charge in [0, 0.05) is 5.39 Å². The van der Waals surface area contributed by atoms with E-state index in [1.54, 1.807) is 24.3 Å². The van der Waals surface area contributed by atoms with E-state index >= 15 is 0 Å². The number of nitrogens with two attached hydrogens (primary N) is 1. The molecule has 0 saturated carbocycles. The average Bonchev–Trinajstić information content (AvgIpc) is 2.40. The summed E-state index contributed by atoms with van der Waals surface area (Å²) in [6, 6.07) is 6.85. The fourth-order valence-corrected chi connectivity index (χ4v) is 1.66. The van der Waals surface area contributed by atoms with Crippen molar-refractivity contribution >= 4 is 22.7 Å². The van der Waals surface area contributed by atoms with Gasteiger partial charge in [-0.2, -0.15) is 5.10 Å². The van der Waals surface area contributed by atoms with Crippen molar-refractivity contribution < 1.29 is 9.59 Å². The monoisotopic (exact) mass is 260 g/mol. The third-order valence-electron chi connectivity index (χ3n) is 2.52. The first-order valence-corrected chi connectivity index (χ1v) is 5.58. The topological polar surface area (TPSA) is 107 Å². The number of fused-ring (bicyclic) bond motifs is 1. The number of nitrogens with one attached hydrogen (secondary N) is 1. The maximum Gasteiger partial charge on any atom is 0.242 e. The molecule has 0 spiro atoms. The number of benzene rings is 1. The Morgan fingerprint density at radius 1 is 1.32 bits per heavy atom. The predicted octanol–water partition coefficient (Wildman–Crippen LogP) is -1.00. The number of hydrogen-bond acceptors (Lipinski definition) is 4. The standard InChI is InChI=1S/C12H12N4O3/c13-11(18)6-14-12(19)7-16-9-4-2-1-3-8(9)10(17)5-15-16/h1-5H,6-7H2,(H2,13,18)(H,14,19). The maximum atomic E-state index is 11.6. The van der Waals surface area contributed by atoms with Crippen molar-refractivity contribution in [1.29, 1.82) is 0 Å². The first-order valence-electron chi connectivity index (χ1n) is 5.58. The number of carbonyl (C=O) groups is 2. The zero-order valence-corrected chi connectivity index (χ0v) is 10.00. The van der Waals surface area contributed by atoms with Crippen LogP contribution in [0.1, 0.15) is 0 Å². The van der Waals surface area contributed by atoms with Crippen molar-refractivity contribution in [2.45, 2.75) is 6.54 Å². The first kappa shape index (κ1) is 12.7. The van der Waals surface area contributed by atoms with Crippen LogP contribution in [-0.2, 0) is 16.1 Å². The lowest BCUT2D eigenvalue weighted by molar-refractivity contribution is -0.125. The summed E-state index contributed by atoms with van der Waals surface area (Å²) in [4.78, 5) is 33.7. The molecule has 7 nitrogen and oxygen atoms in total. The van der Waals surface area contributed by atoms with Gasteiger partial charge in [0.25, 0.3) is 0 Å². The number of primary amides is 1. The summed E-state index contributed by atoms with van der Waals surface area (Å²) < 4.78 is 1.40. The van der Waals surface area contributed by atoms with Gasteiger partial charge in [0.05, 0.1) is 18.3 Å². The van der Waals surface area contributed by atoms with Crippen LogP contribution in [0.2, 0.25) is 0 Å². The van der Waals surface area contributed by atoms with Gasteiger partial charge in [0.15, 0.2) is 0 Å². The highest BCUT2D eigenvalue weighted by Crippen LogP contribution is 2.07. The third kappa shape index (κ3) is 2.95. The lowest BCUT2D eigenvalue weighted by atomic mass is 10.2. The largest absolute Gasteiger partial charge is 0.368 e. The van der Waals surface area contributed by atoms with Gasteiger partial charge in [-0.05, 0) is 12.1 Å². The Kier molecular flexibility index (Phi) is 3.56. The number of nitrogens with zero attached hydrogens (tertiary/aromatic N) is 2. The Morgan fingerprint density at radius 3 is 2.79 bits per heavy atom. The lowest BCUT2D eigenvalue weighted by Gasteiger charge is -2.08. The van der Waals surface area contributed by atoms with Gasteiger partial charge >= 0.3 is 0 Å². The summed E-state index contributed by atoms with van der Waals surface area (Å²) in [5.74, 6) is -1.02. The highest BCUT2D eigenvalue weighted by molar-refractivity contribution is 5.85. The van der Waals surface area contributed by atoms with Crippen LogP contribution < -0.4 is 16.5 Å². The van der Waals surface area contributed by atoms with Crippen LogP contribution in [0.25, 0.3) is 10.9 Å². The molecule has 2 rings (SSSR count). The molecule has 0 unspecified atom stereocenters. The van der Waals surface area contributed by atoms with Crippen LogP contribution in [0.5, 0.6) is 0 Å². The van der Waals surface area contributed by atoms with Crippen LogP contribution in [0.3, 0.4) is 0 Å². The molecule has 1 aromatic carbocycles. The van der Waals surface area contributed by atoms with Gasteiger partial charge < -0.3 is 11.1 Å². The summed E-state index contributed by atoms with van der Waals surface area (Å²) in [6.45, 7) is -0.314. The second-order valence-electron chi connectivity index (χ2n) is 3.93. The van der Waals surface area contributed by atoms with Crippen LogP contribution in [0.4, 0.5) is 0 Å². The van der Waals surface area contributed by atoms with E-state index in [9.17, 15) is 14.4 Å². The minimum absolute atomic E-state index is 0.0892. The van der Waals surface area contributed by atoms with E-state index in [0.717, 1.165) is 6.20 Å². The molecular formula is C12H12N4O3. The van der Waals surface area contributed by atoms with E-state index in [1.807, 2.05) is 0 Å². The SMILES string of the molecule is NC(=O)CNC(=O)Cn1ncc(=O)c2ccccc21. The summed E-state index contributed by atoms with van der Waals surface area (Å²) in [7, 11) is 0. The van der Waals surface area contributed by atoms with Crippen molar-refractivity contribution in [3.63, 3.8) is 0 Å².